The summed E-state index contributed by atoms with van der Waals surface area (Å²) in [6.45, 7) is 0.876. The Morgan fingerprint density at radius 2 is 1.91 bits per heavy atom. The summed E-state index contributed by atoms with van der Waals surface area (Å²) < 4.78 is 0. The number of imidazole rings is 1. The minimum Gasteiger partial charge on any atom is -0.508 e. The van der Waals surface area contributed by atoms with Crippen molar-refractivity contribution in [1.82, 2.24) is 25.1 Å². The molecule has 0 spiro atoms. The molecule has 0 saturated carbocycles. The highest BCUT2D eigenvalue weighted by Gasteiger charge is 2.54. The molecule has 1 aromatic heterocycles. The SMILES string of the molecule is O=C(CSc1ccccc1)N[C@@H]1C(=O)N2C(C(=O)O)=C(C=C3CCN(Cc4ccc(O)cc4)C3=O)CS[C@H]12.c1c[nH]cn1. The van der Waals surface area contributed by atoms with E-state index >= 15 is 0 Å². The monoisotopic (exact) mass is 619 g/mol. The first kappa shape index (κ1) is 30.0. The number of hydrogen-bond acceptors (Lipinski definition) is 8. The van der Waals surface area contributed by atoms with Gasteiger partial charge in [0.15, 0.2) is 0 Å². The van der Waals surface area contributed by atoms with Gasteiger partial charge in [-0.05, 0) is 47.9 Å². The topological polar surface area (TPSA) is 156 Å². The number of aromatic hydroxyl groups is 1. The predicted molar refractivity (Wildman–Crippen MR) is 162 cm³/mol. The van der Waals surface area contributed by atoms with Crippen molar-refractivity contribution in [3.05, 3.63) is 102 Å². The smallest absolute Gasteiger partial charge is 0.352 e. The lowest BCUT2D eigenvalue weighted by atomic mass is 10.0. The van der Waals surface area contributed by atoms with Gasteiger partial charge in [0.1, 0.15) is 22.9 Å². The van der Waals surface area contributed by atoms with Crippen LogP contribution in [0.25, 0.3) is 0 Å². The Bertz CT molecular complexity index is 1530. The number of aromatic nitrogens is 2. The Balaban J connectivity index is 0.000000668. The van der Waals surface area contributed by atoms with Crippen LogP contribution in [0.2, 0.25) is 0 Å². The summed E-state index contributed by atoms with van der Waals surface area (Å²) in [5, 5.41) is 21.6. The number of benzene rings is 2. The average molecular weight is 620 g/mol. The number of allylic oxidation sites excluding steroid dienone is 1. The van der Waals surface area contributed by atoms with Crippen LogP contribution < -0.4 is 5.32 Å². The van der Waals surface area contributed by atoms with Crippen LogP contribution in [0.3, 0.4) is 0 Å². The van der Waals surface area contributed by atoms with Gasteiger partial charge in [0, 0.05) is 41.7 Å². The van der Waals surface area contributed by atoms with Crippen molar-refractivity contribution >= 4 is 47.2 Å². The Labute approximate surface area is 256 Å². The van der Waals surface area contributed by atoms with Gasteiger partial charge in [-0.25, -0.2) is 9.78 Å². The number of thioether (sulfide) groups is 2. The molecule has 0 unspecified atom stereocenters. The number of carbonyl (C=O) groups is 4. The average Bonchev–Trinajstić information content (AvgIpc) is 3.71. The molecule has 2 fully saturated rings. The number of H-pyrrole nitrogens is 1. The number of aromatic amines is 1. The molecule has 2 saturated heterocycles. The number of nitrogens with one attached hydrogen (secondary N) is 2. The summed E-state index contributed by atoms with van der Waals surface area (Å²) in [7, 11) is 0. The number of β-lactam (4-membered cyclic amide) rings is 1. The maximum atomic E-state index is 13.0. The molecule has 2 atom stereocenters. The van der Waals surface area contributed by atoms with Crippen LogP contribution in [0.5, 0.6) is 5.75 Å². The second-order valence-corrected chi connectivity index (χ2v) is 12.0. The molecule has 2 aromatic carbocycles. The number of fused-ring (bicyclic) bond motifs is 1. The maximum Gasteiger partial charge on any atom is 0.352 e. The van der Waals surface area contributed by atoms with E-state index in [0.29, 0.717) is 36.4 Å². The van der Waals surface area contributed by atoms with Gasteiger partial charge in [0.05, 0.1) is 12.1 Å². The molecule has 0 aliphatic carbocycles. The van der Waals surface area contributed by atoms with Crippen LogP contribution in [0.1, 0.15) is 12.0 Å². The van der Waals surface area contributed by atoms with Gasteiger partial charge in [0.2, 0.25) is 11.8 Å². The molecular weight excluding hydrogens is 590 g/mol. The van der Waals surface area contributed by atoms with Crippen molar-refractivity contribution in [2.75, 3.05) is 18.1 Å². The molecule has 0 radical (unpaired) electrons. The zero-order chi connectivity index (χ0) is 30.3. The van der Waals surface area contributed by atoms with Crippen molar-refractivity contribution in [2.45, 2.75) is 29.3 Å². The number of amides is 3. The second kappa shape index (κ2) is 13.7. The first-order valence-corrected chi connectivity index (χ1v) is 15.4. The molecule has 3 aliphatic heterocycles. The van der Waals surface area contributed by atoms with Gasteiger partial charge in [-0.2, -0.15) is 0 Å². The standard InChI is InChI=1S/C27H25N3O6S2.C3H4N2/c31-19-8-6-16(7-9-19)13-29-11-10-17(24(29)33)12-18-14-38-26-22(25(34)30(26)23(18)27(35)36)28-21(32)15-37-20-4-2-1-3-5-20;1-2-5-3-4-1/h1-9,12,22,26,31H,10-11,13-15H2,(H,28,32)(H,35,36);1-3H,(H,4,5)/t22-,26-;/m1./s1. The summed E-state index contributed by atoms with van der Waals surface area (Å²) in [4.78, 5) is 60.8. The van der Waals surface area contributed by atoms with E-state index in [9.17, 15) is 29.4 Å². The van der Waals surface area contributed by atoms with Crippen LogP contribution in [0, 0.1) is 0 Å². The molecule has 13 heteroatoms. The van der Waals surface area contributed by atoms with Gasteiger partial charge in [-0.1, -0.05) is 30.3 Å². The van der Waals surface area contributed by atoms with E-state index in [2.05, 4.69) is 15.3 Å². The van der Waals surface area contributed by atoms with Crippen LogP contribution >= 0.6 is 23.5 Å². The van der Waals surface area contributed by atoms with E-state index in [1.807, 2.05) is 30.3 Å². The van der Waals surface area contributed by atoms with E-state index in [4.69, 9.17) is 0 Å². The van der Waals surface area contributed by atoms with E-state index in [1.54, 1.807) is 54.0 Å². The lowest BCUT2D eigenvalue weighted by Crippen LogP contribution is -2.70. The zero-order valence-electron chi connectivity index (χ0n) is 22.9. The third kappa shape index (κ3) is 7.12. The van der Waals surface area contributed by atoms with Crippen molar-refractivity contribution in [1.29, 1.82) is 0 Å². The fraction of sp³-hybridized carbons (Fsp3) is 0.233. The molecule has 3 aromatic rings. The molecule has 3 aliphatic rings. The van der Waals surface area contributed by atoms with Gasteiger partial charge < -0.3 is 25.4 Å². The third-order valence-electron chi connectivity index (χ3n) is 6.91. The first-order valence-electron chi connectivity index (χ1n) is 13.4. The number of carboxylic acids is 1. The maximum absolute atomic E-state index is 13.0. The molecule has 222 valence electrons. The van der Waals surface area contributed by atoms with Gasteiger partial charge in [-0.3, -0.25) is 19.3 Å². The molecule has 4 N–H and O–H groups in total. The normalized spacial score (nSPS) is 20.3. The molecular formula is C30H29N5O6S2. The van der Waals surface area contributed by atoms with E-state index in [0.717, 1.165) is 10.5 Å². The van der Waals surface area contributed by atoms with Crippen molar-refractivity contribution in [3.8, 4) is 5.75 Å². The minimum absolute atomic E-state index is 0.139. The number of aliphatic carboxylic acids is 1. The highest BCUT2D eigenvalue weighted by atomic mass is 32.2. The Hall–Kier alpha value is -4.49. The molecule has 43 heavy (non-hydrogen) atoms. The minimum atomic E-state index is -1.24. The molecule has 0 bridgehead atoms. The summed E-state index contributed by atoms with van der Waals surface area (Å²) in [6, 6.07) is 15.3. The largest absolute Gasteiger partial charge is 0.508 e. The fourth-order valence-corrected chi connectivity index (χ4v) is 6.87. The lowest BCUT2D eigenvalue weighted by Gasteiger charge is -2.49. The highest BCUT2D eigenvalue weighted by Crippen LogP contribution is 2.41. The number of hydrogen-bond donors (Lipinski definition) is 4. The lowest BCUT2D eigenvalue weighted by molar-refractivity contribution is -0.150. The Morgan fingerprint density at radius 1 is 1.14 bits per heavy atom. The highest BCUT2D eigenvalue weighted by molar-refractivity contribution is 8.00. The number of phenolic OH excluding ortho intramolecular Hbond substituents is 1. The Kier molecular flexibility index (Phi) is 9.52. The molecule has 6 rings (SSSR count). The molecule has 11 nitrogen and oxygen atoms in total. The number of carbonyl (C=O) groups excluding carboxylic acids is 3. The summed E-state index contributed by atoms with van der Waals surface area (Å²) in [6.07, 6.45) is 7.15. The second-order valence-electron chi connectivity index (χ2n) is 9.81. The van der Waals surface area contributed by atoms with Gasteiger partial charge >= 0.3 is 5.97 Å². The number of likely N-dealkylation sites (tertiary alicyclic amines) is 1. The van der Waals surface area contributed by atoms with Crippen molar-refractivity contribution in [3.63, 3.8) is 0 Å². The molecule has 3 amide bonds. The van der Waals surface area contributed by atoms with Crippen molar-refractivity contribution in [2.24, 2.45) is 0 Å². The van der Waals surface area contributed by atoms with E-state index in [1.165, 1.54) is 28.4 Å². The molecule has 4 heterocycles. The number of carboxylic acid groups (broad SMARTS) is 1. The van der Waals surface area contributed by atoms with Crippen molar-refractivity contribution < 1.29 is 29.4 Å². The van der Waals surface area contributed by atoms with Crippen LogP contribution in [-0.4, -0.2) is 83.1 Å². The quantitative estimate of drug-likeness (QED) is 0.169. The fourth-order valence-electron chi connectivity index (χ4n) is 4.83. The van der Waals surface area contributed by atoms with E-state index < -0.39 is 23.3 Å². The summed E-state index contributed by atoms with van der Waals surface area (Å²) in [5.74, 6) is -1.60. The zero-order valence-corrected chi connectivity index (χ0v) is 24.5. The van der Waals surface area contributed by atoms with Crippen LogP contribution in [0.15, 0.2) is 101 Å². The Morgan fingerprint density at radius 3 is 2.56 bits per heavy atom. The van der Waals surface area contributed by atoms with Gasteiger partial charge in [-0.15, -0.1) is 23.5 Å². The summed E-state index contributed by atoms with van der Waals surface area (Å²) in [5.41, 5.74) is 1.64. The predicted octanol–water partition coefficient (Wildman–Crippen LogP) is 2.99. The number of nitrogens with zero attached hydrogens (tertiary/aromatic N) is 3. The number of rotatable bonds is 8. The van der Waals surface area contributed by atoms with Crippen LogP contribution in [-0.2, 0) is 25.7 Å². The van der Waals surface area contributed by atoms with Gasteiger partial charge in [0.25, 0.3) is 5.91 Å². The first-order chi connectivity index (χ1) is 20.8. The van der Waals surface area contributed by atoms with E-state index in [-0.39, 0.29) is 29.0 Å². The van der Waals surface area contributed by atoms with Crippen LogP contribution in [0.4, 0.5) is 0 Å². The summed E-state index contributed by atoms with van der Waals surface area (Å²) >= 11 is 2.73. The number of phenols is 1. The third-order valence-corrected chi connectivity index (χ3v) is 9.22.